The summed E-state index contributed by atoms with van der Waals surface area (Å²) in [7, 11) is 0. The van der Waals surface area contributed by atoms with Gasteiger partial charge in [-0.15, -0.1) is 0 Å². The summed E-state index contributed by atoms with van der Waals surface area (Å²) in [6.07, 6.45) is 1.98. The molecule has 1 rings (SSSR count). The van der Waals surface area contributed by atoms with Crippen LogP contribution < -0.4 is 11.1 Å². The van der Waals surface area contributed by atoms with E-state index in [1.165, 1.54) is 0 Å². The molecular formula is C8H15N3O2. The van der Waals surface area contributed by atoms with Crippen molar-refractivity contribution in [1.82, 2.24) is 5.32 Å². The number of nitrogens with one attached hydrogen (secondary N) is 1. The first kappa shape index (κ1) is 9.83. The highest BCUT2D eigenvalue weighted by Crippen LogP contribution is 2.28. The van der Waals surface area contributed by atoms with Crippen LogP contribution in [0.3, 0.4) is 0 Å². The summed E-state index contributed by atoms with van der Waals surface area (Å²) in [6.45, 7) is 2.23. The van der Waals surface area contributed by atoms with Gasteiger partial charge in [0.05, 0.1) is 0 Å². The van der Waals surface area contributed by atoms with E-state index in [1.54, 1.807) is 6.92 Å². The molecule has 0 spiro atoms. The van der Waals surface area contributed by atoms with Crippen LogP contribution in [-0.2, 0) is 4.79 Å². The normalized spacial score (nSPS) is 19.6. The Labute approximate surface area is 77.0 Å². The summed E-state index contributed by atoms with van der Waals surface area (Å²) in [4.78, 5) is 11.2. The molecule has 0 aliphatic heterocycles. The molecule has 5 heteroatoms. The number of nitrogens with two attached hydrogens (primary N) is 1. The van der Waals surface area contributed by atoms with Crippen LogP contribution in [-0.4, -0.2) is 23.5 Å². The van der Waals surface area contributed by atoms with Gasteiger partial charge in [0.2, 0.25) is 5.91 Å². The van der Waals surface area contributed by atoms with E-state index in [2.05, 4.69) is 10.5 Å². The lowest BCUT2D eigenvalue weighted by molar-refractivity contribution is -0.122. The number of carbonyl (C=O) groups is 1. The molecule has 0 aromatic rings. The average molecular weight is 185 g/mol. The van der Waals surface area contributed by atoms with Gasteiger partial charge in [-0.3, -0.25) is 4.79 Å². The second-order valence-corrected chi connectivity index (χ2v) is 3.45. The van der Waals surface area contributed by atoms with Crippen molar-refractivity contribution in [2.24, 2.45) is 22.7 Å². The molecular weight excluding hydrogens is 170 g/mol. The highest BCUT2D eigenvalue weighted by atomic mass is 16.4. The van der Waals surface area contributed by atoms with Gasteiger partial charge in [0.1, 0.15) is 5.84 Å². The van der Waals surface area contributed by atoms with Crippen LogP contribution in [0.15, 0.2) is 5.16 Å². The predicted octanol–water partition coefficient (Wildman–Crippen LogP) is -0.105. The Hall–Kier alpha value is -1.26. The van der Waals surface area contributed by atoms with Crippen molar-refractivity contribution in [2.75, 3.05) is 6.54 Å². The number of amides is 1. The molecule has 74 valence electrons. The second kappa shape index (κ2) is 4.11. The number of nitrogens with zero attached hydrogens (tertiary/aromatic N) is 1. The van der Waals surface area contributed by atoms with Gasteiger partial charge in [0.25, 0.3) is 0 Å². The molecule has 0 aromatic heterocycles. The fourth-order valence-corrected chi connectivity index (χ4v) is 0.947. The largest absolute Gasteiger partial charge is 0.409 e. The third-order valence-corrected chi connectivity index (χ3v) is 2.15. The molecule has 0 radical (unpaired) electrons. The second-order valence-electron chi connectivity index (χ2n) is 3.45. The molecule has 4 N–H and O–H groups in total. The van der Waals surface area contributed by atoms with Crippen LogP contribution >= 0.6 is 0 Å². The van der Waals surface area contributed by atoms with Gasteiger partial charge >= 0.3 is 0 Å². The summed E-state index contributed by atoms with van der Waals surface area (Å²) in [5.41, 5.74) is 5.34. The van der Waals surface area contributed by atoms with E-state index in [9.17, 15) is 4.79 Å². The summed E-state index contributed by atoms with van der Waals surface area (Å²) in [5, 5.41) is 14.0. The Morgan fingerprint density at radius 1 is 1.77 bits per heavy atom. The SMILES string of the molecule is CC(CNC(=O)C1CC1)C(N)=NO. The maximum Gasteiger partial charge on any atom is 0.223 e. The maximum absolute atomic E-state index is 11.2. The number of amidine groups is 1. The van der Waals surface area contributed by atoms with Crippen LogP contribution in [0.4, 0.5) is 0 Å². The number of rotatable bonds is 4. The van der Waals surface area contributed by atoms with Gasteiger partial charge in [-0.2, -0.15) is 0 Å². The number of oxime groups is 1. The van der Waals surface area contributed by atoms with Gasteiger partial charge in [-0.25, -0.2) is 0 Å². The van der Waals surface area contributed by atoms with Crippen molar-refractivity contribution >= 4 is 11.7 Å². The fourth-order valence-electron chi connectivity index (χ4n) is 0.947. The van der Waals surface area contributed by atoms with E-state index in [4.69, 9.17) is 10.9 Å². The zero-order valence-electron chi connectivity index (χ0n) is 7.66. The average Bonchev–Trinajstić information content (AvgIpc) is 2.95. The highest BCUT2D eigenvalue weighted by molar-refractivity contribution is 5.84. The molecule has 13 heavy (non-hydrogen) atoms. The fraction of sp³-hybridized carbons (Fsp3) is 0.750. The van der Waals surface area contributed by atoms with Crippen molar-refractivity contribution in [1.29, 1.82) is 0 Å². The Kier molecular flexibility index (Phi) is 3.11. The van der Waals surface area contributed by atoms with E-state index < -0.39 is 0 Å². The third kappa shape index (κ3) is 2.93. The van der Waals surface area contributed by atoms with Crippen LogP contribution in [0, 0.1) is 11.8 Å². The van der Waals surface area contributed by atoms with Gasteiger partial charge in [-0.1, -0.05) is 12.1 Å². The Balaban J connectivity index is 2.21. The van der Waals surface area contributed by atoms with Crippen LogP contribution in [0.25, 0.3) is 0 Å². The molecule has 0 aromatic carbocycles. The molecule has 0 bridgehead atoms. The Morgan fingerprint density at radius 2 is 2.38 bits per heavy atom. The van der Waals surface area contributed by atoms with Crippen molar-refractivity contribution in [3.8, 4) is 0 Å². The Bertz CT molecular complexity index is 223. The van der Waals surface area contributed by atoms with Crippen LogP contribution in [0.1, 0.15) is 19.8 Å². The molecule has 1 amide bonds. The van der Waals surface area contributed by atoms with E-state index >= 15 is 0 Å². The third-order valence-electron chi connectivity index (χ3n) is 2.15. The van der Waals surface area contributed by atoms with Crippen molar-refractivity contribution in [2.45, 2.75) is 19.8 Å². The smallest absolute Gasteiger partial charge is 0.223 e. The summed E-state index contributed by atoms with van der Waals surface area (Å²) in [6, 6.07) is 0. The lowest BCUT2D eigenvalue weighted by atomic mass is 10.1. The lowest BCUT2D eigenvalue weighted by Crippen LogP contribution is -2.35. The van der Waals surface area contributed by atoms with E-state index in [-0.39, 0.29) is 23.6 Å². The first-order valence-corrected chi connectivity index (χ1v) is 4.40. The zero-order chi connectivity index (χ0) is 9.84. The van der Waals surface area contributed by atoms with E-state index in [1.807, 2.05) is 0 Å². The molecule has 0 saturated heterocycles. The standard InChI is InChI=1S/C8H15N3O2/c1-5(7(9)11-13)4-10-8(12)6-2-3-6/h5-6,13H,2-4H2,1H3,(H2,9,11)(H,10,12). The maximum atomic E-state index is 11.2. The molecule has 1 saturated carbocycles. The van der Waals surface area contributed by atoms with Crippen LogP contribution in [0.2, 0.25) is 0 Å². The monoisotopic (exact) mass is 185 g/mol. The first-order valence-electron chi connectivity index (χ1n) is 4.40. The van der Waals surface area contributed by atoms with Crippen LogP contribution in [0.5, 0.6) is 0 Å². The lowest BCUT2D eigenvalue weighted by Gasteiger charge is -2.10. The molecule has 1 aliphatic carbocycles. The van der Waals surface area contributed by atoms with Gasteiger partial charge in [-0.05, 0) is 12.8 Å². The molecule has 1 aliphatic rings. The van der Waals surface area contributed by atoms with E-state index in [0.717, 1.165) is 12.8 Å². The topological polar surface area (TPSA) is 87.7 Å². The zero-order valence-corrected chi connectivity index (χ0v) is 7.66. The molecule has 1 fully saturated rings. The minimum Gasteiger partial charge on any atom is -0.409 e. The summed E-state index contributed by atoms with van der Waals surface area (Å²) < 4.78 is 0. The number of hydrogen-bond acceptors (Lipinski definition) is 3. The molecule has 5 nitrogen and oxygen atoms in total. The van der Waals surface area contributed by atoms with Crippen molar-refractivity contribution in [3.05, 3.63) is 0 Å². The minimum atomic E-state index is -0.118. The Morgan fingerprint density at radius 3 is 2.85 bits per heavy atom. The summed E-state index contributed by atoms with van der Waals surface area (Å²) in [5.74, 6) is 0.320. The molecule has 1 unspecified atom stereocenters. The number of carbonyl (C=O) groups excluding carboxylic acids is 1. The summed E-state index contributed by atoms with van der Waals surface area (Å²) >= 11 is 0. The predicted molar refractivity (Wildman–Crippen MR) is 48.3 cm³/mol. The minimum absolute atomic E-state index is 0.0811. The van der Waals surface area contributed by atoms with Crippen molar-refractivity contribution < 1.29 is 10.0 Å². The van der Waals surface area contributed by atoms with Gasteiger partial charge < -0.3 is 16.3 Å². The quantitative estimate of drug-likeness (QED) is 0.247. The van der Waals surface area contributed by atoms with Gasteiger partial charge in [0.15, 0.2) is 0 Å². The highest BCUT2D eigenvalue weighted by Gasteiger charge is 2.29. The van der Waals surface area contributed by atoms with E-state index in [0.29, 0.717) is 6.54 Å². The van der Waals surface area contributed by atoms with Crippen molar-refractivity contribution in [3.63, 3.8) is 0 Å². The first-order chi connectivity index (χ1) is 6.15. The molecule has 1 atom stereocenters. The van der Waals surface area contributed by atoms with Gasteiger partial charge in [0, 0.05) is 18.4 Å². The number of hydrogen-bond donors (Lipinski definition) is 3. The molecule has 0 heterocycles.